The number of anilines is 1. The van der Waals surface area contributed by atoms with E-state index in [-0.39, 0.29) is 11.7 Å². The fourth-order valence-corrected chi connectivity index (χ4v) is 4.17. The molecule has 0 spiro atoms. The molecule has 3 aromatic rings. The molecular weight excluding hydrogens is 415 g/mol. The largest absolute Gasteiger partial charge is 0.324 e. The van der Waals surface area contributed by atoms with Gasteiger partial charge in [0.15, 0.2) is 11.0 Å². The van der Waals surface area contributed by atoms with Crippen LogP contribution >= 0.6 is 35.0 Å². The number of thioether (sulfide) groups is 1. The van der Waals surface area contributed by atoms with Crippen molar-refractivity contribution < 1.29 is 4.79 Å². The van der Waals surface area contributed by atoms with Gasteiger partial charge in [-0.05, 0) is 62.2 Å². The zero-order valence-electron chi connectivity index (χ0n) is 15.8. The number of carbonyl (C=O) groups is 1. The lowest BCUT2D eigenvalue weighted by Gasteiger charge is -2.11. The fourth-order valence-electron chi connectivity index (χ4n) is 2.87. The van der Waals surface area contributed by atoms with Crippen LogP contribution in [0.3, 0.4) is 0 Å². The van der Waals surface area contributed by atoms with E-state index in [0.29, 0.717) is 27.4 Å². The maximum atomic E-state index is 12.4. The van der Waals surface area contributed by atoms with Crippen molar-refractivity contribution in [2.45, 2.75) is 32.5 Å². The van der Waals surface area contributed by atoms with Crippen molar-refractivity contribution in [1.82, 2.24) is 14.8 Å². The highest BCUT2D eigenvalue weighted by molar-refractivity contribution is 7.99. The minimum absolute atomic E-state index is 0.141. The van der Waals surface area contributed by atoms with Crippen LogP contribution in [0.5, 0.6) is 0 Å². The normalized spacial score (nSPS) is 10.9. The van der Waals surface area contributed by atoms with Gasteiger partial charge in [-0.3, -0.25) is 4.79 Å². The van der Waals surface area contributed by atoms with Crippen LogP contribution in [0.25, 0.3) is 11.4 Å². The summed E-state index contributed by atoms with van der Waals surface area (Å²) in [4.78, 5) is 12.4. The molecular formula is C20H20Cl2N4OS. The number of halogens is 2. The Bertz CT molecular complexity index is 979. The average Bonchev–Trinajstić information content (AvgIpc) is 3.06. The Morgan fingerprint density at radius 3 is 2.50 bits per heavy atom. The smallest absolute Gasteiger partial charge is 0.234 e. The maximum absolute atomic E-state index is 12.4. The van der Waals surface area contributed by atoms with Gasteiger partial charge in [0.2, 0.25) is 5.91 Å². The summed E-state index contributed by atoms with van der Waals surface area (Å²) in [5, 5.41) is 13.3. The summed E-state index contributed by atoms with van der Waals surface area (Å²) in [6.07, 6.45) is 0. The Morgan fingerprint density at radius 2 is 1.86 bits per heavy atom. The number of hydrogen-bond donors (Lipinski definition) is 1. The van der Waals surface area contributed by atoms with E-state index in [0.717, 1.165) is 22.5 Å². The molecule has 0 saturated heterocycles. The van der Waals surface area contributed by atoms with Gasteiger partial charge < -0.3 is 9.88 Å². The Hall–Kier alpha value is -2.02. The summed E-state index contributed by atoms with van der Waals surface area (Å²) in [5.74, 6) is 0.819. The third-order valence-electron chi connectivity index (χ3n) is 4.16. The number of rotatable bonds is 6. The van der Waals surface area contributed by atoms with Crippen LogP contribution in [-0.2, 0) is 11.3 Å². The predicted molar refractivity (Wildman–Crippen MR) is 116 cm³/mol. The predicted octanol–water partition coefficient (Wildman–Crippen LogP) is 5.62. The van der Waals surface area contributed by atoms with Crippen LogP contribution in [0, 0.1) is 13.8 Å². The molecule has 0 aliphatic heterocycles. The van der Waals surface area contributed by atoms with Crippen molar-refractivity contribution in [3.63, 3.8) is 0 Å². The third kappa shape index (κ3) is 4.69. The van der Waals surface area contributed by atoms with Crippen molar-refractivity contribution in [3.8, 4) is 11.4 Å². The summed E-state index contributed by atoms with van der Waals surface area (Å²) in [6, 6.07) is 11.3. The zero-order valence-corrected chi connectivity index (χ0v) is 18.1. The number of aromatic nitrogens is 3. The first-order chi connectivity index (χ1) is 13.4. The number of nitrogens with one attached hydrogen (secondary N) is 1. The van der Waals surface area contributed by atoms with Crippen LogP contribution < -0.4 is 5.32 Å². The van der Waals surface area contributed by atoms with E-state index in [4.69, 9.17) is 23.2 Å². The molecule has 1 N–H and O–H groups in total. The monoisotopic (exact) mass is 434 g/mol. The number of aryl methyl sites for hydroxylation is 2. The lowest BCUT2D eigenvalue weighted by molar-refractivity contribution is -0.113. The highest BCUT2D eigenvalue weighted by Crippen LogP contribution is 2.28. The molecule has 0 aliphatic rings. The maximum Gasteiger partial charge on any atom is 0.234 e. The summed E-state index contributed by atoms with van der Waals surface area (Å²) < 4.78 is 1.98. The molecule has 0 unspecified atom stereocenters. The minimum atomic E-state index is -0.141. The van der Waals surface area contributed by atoms with Gasteiger partial charge in [0.25, 0.3) is 0 Å². The molecule has 2 aromatic carbocycles. The number of amides is 1. The fraction of sp³-hybridized carbons (Fsp3) is 0.250. The van der Waals surface area contributed by atoms with Crippen LogP contribution in [0.1, 0.15) is 18.1 Å². The van der Waals surface area contributed by atoms with Crippen LogP contribution in [0.15, 0.2) is 41.6 Å². The molecule has 28 heavy (non-hydrogen) atoms. The molecule has 5 nitrogen and oxygen atoms in total. The second-order valence-electron chi connectivity index (χ2n) is 6.33. The molecule has 1 heterocycles. The molecule has 8 heteroatoms. The standard InChI is InChI=1S/C20H20Cl2N4OS/c1-4-26-19(14-5-7-15(21)8-6-14)24-25-20(26)28-11-17(27)23-18-13(3)9-12(2)10-16(18)22/h5-10H,4,11H2,1-3H3,(H,23,27). The van der Waals surface area contributed by atoms with Gasteiger partial charge in [0.1, 0.15) is 0 Å². The lowest BCUT2D eigenvalue weighted by atomic mass is 10.1. The topological polar surface area (TPSA) is 59.8 Å². The van der Waals surface area contributed by atoms with Gasteiger partial charge in [-0.25, -0.2) is 0 Å². The van der Waals surface area contributed by atoms with Gasteiger partial charge in [0, 0.05) is 17.1 Å². The molecule has 1 aromatic heterocycles. The number of benzene rings is 2. The molecule has 0 fully saturated rings. The van der Waals surface area contributed by atoms with Crippen molar-refractivity contribution in [2.24, 2.45) is 0 Å². The number of carbonyl (C=O) groups excluding carboxylic acids is 1. The first-order valence-corrected chi connectivity index (χ1v) is 10.5. The Kier molecular flexibility index (Phi) is 6.65. The highest BCUT2D eigenvalue weighted by atomic mass is 35.5. The number of nitrogens with zero attached hydrogens (tertiary/aromatic N) is 3. The summed E-state index contributed by atoms with van der Waals surface area (Å²) in [5.41, 5.74) is 3.57. The van der Waals surface area contributed by atoms with E-state index in [9.17, 15) is 4.79 Å². The first kappa shape index (κ1) is 20.7. The highest BCUT2D eigenvalue weighted by Gasteiger charge is 2.16. The van der Waals surface area contributed by atoms with Crippen molar-refractivity contribution in [3.05, 3.63) is 57.6 Å². The van der Waals surface area contributed by atoms with Crippen LogP contribution in [0.4, 0.5) is 5.69 Å². The summed E-state index contributed by atoms with van der Waals surface area (Å²) >= 11 is 13.6. The third-order valence-corrected chi connectivity index (χ3v) is 5.68. The molecule has 0 radical (unpaired) electrons. The SMILES string of the molecule is CCn1c(SCC(=O)Nc2c(C)cc(C)cc2Cl)nnc1-c1ccc(Cl)cc1. The molecule has 0 atom stereocenters. The van der Waals surface area contributed by atoms with Gasteiger partial charge in [0.05, 0.1) is 16.5 Å². The second-order valence-corrected chi connectivity index (χ2v) is 8.12. The summed E-state index contributed by atoms with van der Waals surface area (Å²) in [6.45, 7) is 6.60. The Labute approximate surface area is 178 Å². The molecule has 0 aliphatic carbocycles. The van der Waals surface area contributed by atoms with E-state index in [1.807, 2.05) is 61.7 Å². The van der Waals surface area contributed by atoms with Crippen molar-refractivity contribution >= 4 is 46.6 Å². The van der Waals surface area contributed by atoms with E-state index in [2.05, 4.69) is 15.5 Å². The Morgan fingerprint density at radius 1 is 1.14 bits per heavy atom. The lowest BCUT2D eigenvalue weighted by Crippen LogP contribution is -2.16. The van der Waals surface area contributed by atoms with E-state index in [1.54, 1.807) is 0 Å². The van der Waals surface area contributed by atoms with Gasteiger partial charge in [-0.2, -0.15) is 0 Å². The molecule has 0 bridgehead atoms. The van der Waals surface area contributed by atoms with E-state index >= 15 is 0 Å². The second kappa shape index (κ2) is 8.99. The van der Waals surface area contributed by atoms with Crippen LogP contribution in [0.2, 0.25) is 10.0 Å². The molecule has 146 valence electrons. The molecule has 0 saturated carbocycles. The van der Waals surface area contributed by atoms with Gasteiger partial charge in [-0.15, -0.1) is 10.2 Å². The van der Waals surface area contributed by atoms with E-state index < -0.39 is 0 Å². The zero-order chi connectivity index (χ0) is 20.3. The first-order valence-electron chi connectivity index (χ1n) is 8.77. The minimum Gasteiger partial charge on any atom is -0.324 e. The quantitative estimate of drug-likeness (QED) is 0.511. The van der Waals surface area contributed by atoms with Crippen LogP contribution in [-0.4, -0.2) is 26.4 Å². The van der Waals surface area contributed by atoms with Crippen molar-refractivity contribution in [2.75, 3.05) is 11.1 Å². The summed E-state index contributed by atoms with van der Waals surface area (Å²) in [7, 11) is 0. The average molecular weight is 435 g/mol. The molecule has 3 rings (SSSR count). The van der Waals surface area contributed by atoms with Gasteiger partial charge in [-0.1, -0.05) is 41.0 Å². The van der Waals surface area contributed by atoms with Gasteiger partial charge >= 0.3 is 0 Å². The van der Waals surface area contributed by atoms with E-state index in [1.165, 1.54) is 11.8 Å². The number of hydrogen-bond acceptors (Lipinski definition) is 4. The Balaban J connectivity index is 1.71. The molecule has 1 amide bonds. The van der Waals surface area contributed by atoms with Crippen molar-refractivity contribution in [1.29, 1.82) is 0 Å².